The first kappa shape index (κ1) is 16.2. The number of rotatable bonds is 5. The first-order valence-electron chi connectivity index (χ1n) is 6.87. The smallest absolute Gasteiger partial charge is 0.311 e. The highest BCUT2D eigenvalue weighted by molar-refractivity contribution is 7.18. The molecule has 0 bridgehead atoms. The molecule has 2 rings (SSSR count). The molecule has 0 aliphatic carbocycles. The van der Waals surface area contributed by atoms with Gasteiger partial charge in [-0.15, -0.1) is 11.3 Å². The molecule has 0 aliphatic rings. The van der Waals surface area contributed by atoms with Gasteiger partial charge in [0.1, 0.15) is 4.83 Å². The van der Waals surface area contributed by atoms with Gasteiger partial charge in [-0.2, -0.15) is 5.10 Å². The lowest BCUT2D eigenvalue weighted by molar-refractivity contribution is -0.141. The normalized spacial score (nSPS) is 11.7. The number of fused-ring (bicyclic) bond motifs is 1. The Morgan fingerprint density at radius 1 is 1.45 bits per heavy atom. The van der Waals surface area contributed by atoms with Crippen molar-refractivity contribution in [1.82, 2.24) is 9.97 Å². The monoisotopic (exact) mass is 322 g/mol. The van der Waals surface area contributed by atoms with Crippen LogP contribution in [0.5, 0.6) is 0 Å². The molecule has 0 amide bonds. The van der Waals surface area contributed by atoms with E-state index in [1.165, 1.54) is 11.3 Å². The van der Waals surface area contributed by atoms with E-state index in [0.29, 0.717) is 22.5 Å². The van der Waals surface area contributed by atoms with E-state index in [0.717, 1.165) is 10.4 Å². The van der Waals surface area contributed by atoms with Gasteiger partial charge >= 0.3 is 5.97 Å². The van der Waals surface area contributed by atoms with Crippen LogP contribution in [0.25, 0.3) is 10.2 Å². The molecule has 0 spiro atoms. The molecular formula is C14H18N4O3S. The summed E-state index contributed by atoms with van der Waals surface area (Å²) in [6.45, 7) is 7.63. The van der Waals surface area contributed by atoms with Crippen LogP contribution in [0.1, 0.15) is 30.7 Å². The molecule has 7 nitrogen and oxygen atoms in total. The molecule has 0 aliphatic heterocycles. The number of esters is 1. The van der Waals surface area contributed by atoms with Crippen LogP contribution in [-0.4, -0.2) is 28.3 Å². The van der Waals surface area contributed by atoms with Crippen LogP contribution in [0.4, 0.5) is 5.95 Å². The predicted molar refractivity (Wildman–Crippen MR) is 87.7 cm³/mol. The molecule has 0 fully saturated rings. The molecule has 0 saturated heterocycles. The van der Waals surface area contributed by atoms with Gasteiger partial charge in [-0.1, -0.05) is 0 Å². The molecule has 2 N–H and O–H groups in total. The Bertz CT molecular complexity index is 791. The molecule has 0 aromatic carbocycles. The largest absolute Gasteiger partial charge is 0.466 e. The number of ether oxygens (including phenoxy) is 1. The van der Waals surface area contributed by atoms with Crippen molar-refractivity contribution in [3.05, 3.63) is 20.8 Å². The maximum Gasteiger partial charge on any atom is 0.311 e. The molecule has 8 heteroatoms. The third kappa shape index (κ3) is 3.51. The van der Waals surface area contributed by atoms with Crippen molar-refractivity contribution in [2.45, 2.75) is 34.1 Å². The standard InChI is InChI=1S/C14H18N4O3S/c1-5-21-10(19)6-7(2)17-18-14-15-12(20)11-8(3)9(4)22-13(11)16-14/h5-6H2,1-4H3,(H2,15,16,18,20)/b17-7-. The van der Waals surface area contributed by atoms with E-state index < -0.39 is 0 Å². The third-order valence-corrected chi connectivity index (χ3v) is 4.20. The van der Waals surface area contributed by atoms with Crippen molar-refractivity contribution in [3.63, 3.8) is 0 Å². The minimum Gasteiger partial charge on any atom is -0.466 e. The lowest BCUT2D eigenvalue weighted by Crippen LogP contribution is -2.13. The Morgan fingerprint density at radius 3 is 2.86 bits per heavy atom. The van der Waals surface area contributed by atoms with Crippen molar-refractivity contribution in [2.75, 3.05) is 12.0 Å². The average Bonchev–Trinajstić information content (AvgIpc) is 2.72. The second kappa shape index (κ2) is 6.69. The first-order valence-corrected chi connectivity index (χ1v) is 7.68. The van der Waals surface area contributed by atoms with Gasteiger partial charge in [-0.3, -0.25) is 14.6 Å². The van der Waals surface area contributed by atoms with E-state index in [1.807, 2.05) is 13.8 Å². The molecule has 2 aromatic heterocycles. The number of H-pyrrole nitrogens is 1. The number of thiophene rings is 1. The van der Waals surface area contributed by atoms with Crippen molar-refractivity contribution in [1.29, 1.82) is 0 Å². The van der Waals surface area contributed by atoms with E-state index in [-0.39, 0.29) is 23.9 Å². The summed E-state index contributed by atoms with van der Waals surface area (Å²) in [5.74, 6) is -0.0890. The number of nitrogens with one attached hydrogen (secondary N) is 2. The molecule has 118 valence electrons. The van der Waals surface area contributed by atoms with Gasteiger partial charge in [-0.25, -0.2) is 10.4 Å². The van der Waals surface area contributed by atoms with Crippen molar-refractivity contribution in [3.8, 4) is 0 Å². The summed E-state index contributed by atoms with van der Waals surface area (Å²) in [7, 11) is 0. The number of carbonyl (C=O) groups excluding carboxylic acids is 1. The van der Waals surface area contributed by atoms with Crippen LogP contribution in [0.15, 0.2) is 9.90 Å². The summed E-state index contributed by atoms with van der Waals surface area (Å²) in [4.78, 5) is 32.1. The number of aromatic amines is 1. The van der Waals surface area contributed by atoms with E-state index >= 15 is 0 Å². The van der Waals surface area contributed by atoms with Crippen molar-refractivity contribution < 1.29 is 9.53 Å². The lowest BCUT2D eigenvalue weighted by Gasteiger charge is -2.03. The van der Waals surface area contributed by atoms with Crippen LogP contribution in [0.3, 0.4) is 0 Å². The summed E-state index contributed by atoms with van der Waals surface area (Å²) >= 11 is 1.46. The quantitative estimate of drug-likeness (QED) is 0.500. The number of hydrogen-bond donors (Lipinski definition) is 2. The Hall–Kier alpha value is -2.22. The second-order valence-electron chi connectivity index (χ2n) is 4.82. The fourth-order valence-corrected chi connectivity index (χ4v) is 2.95. The van der Waals surface area contributed by atoms with Gasteiger partial charge < -0.3 is 4.74 Å². The Labute approximate surface area is 131 Å². The van der Waals surface area contributed by atoms with E-state index in [9.17, 15) is 9.59 Å². The first-order chi connectivity index (χ1) is 10.4. The Balaban J connectivity index is 2.19. The SMILES string of the molecule is CCOC(=O)C/C(C)=N\Nc1nc2sc(C)c(C)c2c(=O)[nH]1. The summed E-state index contributed by atoms with van der Waals surface area (Å²) in [5, 5.41) is 4.64. The molecule has 22 heavy (non-hydrogen) atoms. The van der Waals surface area contributed by atoms with E-state index in [2.05, 4.69) is 20.5 Å². The molecule has 0 unspecified atom stereocenters. The van der Waals surface area contributed by atoms with Gasteiger partial charge in [0.05, 0.1) is 18.4 Å². The van der Waals surface area contributed by atoms with Crippen molar-refractivity contribution in [2.24, 2.45) is 5.10 Å². The third-order valence-electron chi connectivity index (χ3n) is 3.10. The highest BCUT2D eigenvalue weighted by Gasteiger charge is 2.11. The maximum atomic E-state index is 12.1. The average molecular weight is 322 g/mol. The number of aryl methyl sites for hydroxylation is 2. The van der Waals surface area contributed by atoms with Gasteiger partial charge in [-0.05, 0) is 33.3 Å². The summed E-state index contributed by atoms with van der Waals surface area (Å²) in [5.41, 5.74) is 3.96. The van der Waals surface area contributed by atoms with E-state index in [1.54, 1.807) is 13.8 Å². The predicted octanol–water partition coefficient (Wildman–Crippen LogP) is 2.34. The topological polar surface area (TPSA) is 96.4 Å². The number of hydrazone groups is 1. The van der Waals surface area contributed by atoms with Gasteiger partial charge in [0.15, 0.2) is 0 Å². The van der Waals surface area contributed by atoms with Gasteiger partial charge in [0, 0.05) is 10.6 Å². The summed E-state index contributed by atoms with van der Waals surface area (Å²) in [6, 6.07) is 0. The number of nitrogens with zero attached hydrogens (tertiary/aromatic N) is 2. The molecule has 0 atom stereocenters. The molecule has 2 heterocycles. The van der Waals surface area contributed by atoms with Crippen LogP contribution < -0.4 is 11.0 Å². The molecule has 0 radical (unpaired) electrons. The minimum absolute atomic E-state index is 0.0878. The number of aromatic nitrogens is 2. The Kier molecular flexibility index (Phi) is 4.92. The zero-order valence-electron chi connectivity index (χ0n) is 12.9. The highest BCUT2D eigenvalue weighted by Crippen LogP contribution is 2.26. The molecular weight excluding hydrogens is 304 g/mol. The lowest BCUT2D eigenvalue weighted by atomic mass is 10.2. The minimum atomic E-state index is -0.341. The van der Waals surface area contributed by atoms with Crippen molar-refractivity contribution >= 4 is 39.2 Å². The zero-order valence-corrected chi connectivity index (χ0v) is 13.8. The molecule has 0 saturated carbocycles. The fraction of sp³-hybridized carbons (Fsp3) is 0.429. The summed E-state index contributed by atoms with van der Waals surface area (Å²) in [6.07, 6.45) is 0.0878. The van der Waals surface area contributed by atoms with Crippen LogP contribution >= 0.6 is 11.3 Å². The van der Waals surface area contributed by atoms with Crippen LogP contribution in [0.2, 0.25) is 0 Å². The summed E-state index contributed by atoms with van der Waals surface area (Å²) < 4.78 is 4.84. The molecule has 2 aromatic rings. The highest BCUT2D eigenvalue weighted by atomic mass is 32.1. The van der Waals surface area contributed by atoms with Crippen LogP contribution in [-0.2, 0) is 9.53 Å². The van der Waals surface area contributed by atoms with Gasteiger partial charge in [0.25, 0.3) is 5.56 Å². The Morgan fingerprint density at radius 2 is 2.18 bits per heavy atom. The fourth-order valence-electron chi connectivity index (χ4n) is 1.92. The van der Waals surface area contributed by atoms with E-state index in [4.69, 9.17) is 4.74 Å². The second-order valence-corrected chi connectivity index (χ2v) is 6.02. The number of hydrogen-bond acceptors (Lipinski definition) is 7. The zero-order chi connectivity index (χ0) is 16.3. The van der Waals surface area contributed by atoms with Crippen LogP contribution in [0, 0.1) is 13.8 Å². The number of anilines is 1. The number of carbonyl (C=O) groups is 1. The van der Waals surface area contributed by atoms with Gasteiger partial charge in [0.2, 0.25) is 5.95 Å². The maximum absolute atomic E-state index is 12.1.